The van der Waals surface area contributed by atoms with E-state index in [0.29, 0.717) is 24.5 Å². The van der Waals surface area contributed by atoms with Crippen molar-refractivity contribution in [3.8, 4) is 5.75 Å². The lowest BCUT2D eigenvalue weighted by molar-refractivity contribution is -0.118. The molecule has 3 N–H and O–H groups in total. The molecule has 0 spiro atoms. The number of sulfonamides is 1. The highest BCUT2D eigenvalue weighted by Crippen LogP contribution is 2.17. The van der Waals surface area contributed by atoms with Crippen molar-refractivity contribution in [1.82, 2.24) is 10.6 Å². The van der Waals surface area contributed by atoms with Gasteiger partial charge >= 0.3 is 0 Å². The Morgan fingerprint density at radius 2 is 1.79 bits per heavy atom. The van der Waals surface area contributed by atoms with E-state index in [0.717, 1.165) is 6.54 Å². The Labute approximate surface area is 150 Å². The third kappa shape index (κ3) is 9.59. The maximum absolute atomic E-state index is 11.9. The first kappa shape index (κ1) is 22.5. The number of nitrogens with one attached hydrogen (secondary N) is 3. The smallest absolute Gasteiger partial charge is 0.241 e. The van der Waals surface area contributed by atoms with Crippen molar-refractivity contribution in [3.63, 3.8) is 0 Å². The number of likely N-dealkylation sites (N-methyl/N-ethyl adjacent to an activating group) is 1. The van der Waals surface area contributed by atoms with Crippen molar-refractivity contribution in [2.75, 3.05) is 30.1 Å². The molecule has 1 aromatic rings. The molecule has 0 bridgehead atoms. The molecule has 9 heteroatoms. The van der Waals surface area contributed by atoms with Gasteiger partial charge in [0.25, 0.3) is 0 Å². The van der Waals surface area contributed by atoms with Crippen LogP contribution in [-0.2, 0) is 14.8 Å². The zero-order chi connectivity index (χ0) is 17.3. The number of benzene rings is 1. The Balaban J connectivity index is 0.00000529. The lowest BCUT2D eigenvalue weighted by atomic mass is 10.3. The molecule has 24 heavy (non-hydrogen) atoms. The van der Waals surface area contributed by atoms with Gasteiger partial charge in [0.1, 0.15) is 11.5 Å². The van der Waals surface area contributed by atoms with E-state index in [9.17, 15) is 13.2 Å². The molecule has 7 nitrogen and oxygen atoms in total. The van der Waals surface area contributed by atoms with Crippen LogP contribution in [0.2, 0.25) is 0 Å². The Bertz CT molecular complexity index is 591. The number of carbonyl (C=O) groups is 1. The molecule has 0 saturated carbocycles. The first-order valence-corrected chi connectivity index (χ1v) is 9.22. The summed E-state index contributed by atoms with van der Waals surface area (Å²) >= 11 is 0. The second-order valence-electron chi connectivity index (χ2n) is 5.26. The molecule has 1 rings (SSSR count). The zero-order valence-electron chi connectivity index (χ0n) is 14.2. The summed E-state index contributed by atoms with van der Waals surface area (Å²) in [6.07, 6.45) is 0.0448. The summed E-state index contributed by atoms with van der Waals surface area (Å²) in [4.78, 5) is 11.6. The summed E-state index contributed by atoms with van der Waals surface area (Å²) in [5.41, 5.74) is 0.390. The monoisotopic (exact) mass is 379 g/mol. The standard InChI is InChI=1S/C15H25N3O4S.ClH/c1-4-16-9-10-17-15(19)11-23(20,21)18-13-5-7-14(8-6-13)22-12(2)3;/h5-8,12,16,18H,4,9-11H2,1-3H3,(H,17,19);1H. The van der Waals surface area contributed by atoms with Gasteiger partial charge in [0.2, 0.25) is 15.9 Å². The van der Waals surface area contributed by atoms with Gasteiger partial charge in [0.15, 0.2) is 0 Å². The number of anilines is 1. The molecule has 0 unspecified atom stereocenters. The normalized spacial score (nSPS) is 10.8. The SMILES string of the molecule is CCNCCNC(=O)CS(=O)(=O)Nc1ccc(OC(C)C)cc1.Cl. The van der Waals surface area contributed by atoms with Crippen LogP contribution in [0.1, 0.15) is 20.8 Å². The van der Waals surface area contributed by atoms with Gasteiger partial charge in [-0.3, -0.25) is 9.52 Å². The minimum absolute atomic E-state index is 0. The Morgan fingerprint density at radius 1 is 1.17 bits per heavy atom. The van der Waals surface area contributed by atoms with Crippen LogP contribution in [0.4, 0.5) is 5.69 Å². The Kier molecular flexibility index (Phi) is 10.4. The fourth-order valence-corrected chi connectivity index (χ4v) is 2.79. The van der Waals surface area contributed by atoms with Crippen LogP contribution < -0.4 is 20.1 Å². The highest BCUT2D eigenvalue weighted by molar-refractivity contribution is 7.93. The summed E-state index contributed by atoms with van der Waals surface area (Å²) in [5, 5.41) is 5.58. The lowest BCUT2D eigenvalue weighted by Crippen LogP contribution is -2.36. The number of halogens is 1. The van der Waals surface area contributed by atoms with Crippen LogP contribution in [0.3, 0.4) is 0 Å². The molecule has 138 valence electrons. The van der Waals surface area contributed by atoms with Gasteiger partial charge in [-0.25, -0.2) is 8.42 Å². The van der Waals surface area contributed by atoms with Crippen LogP contribution >= 0.6 is 12.4 Å². The highest BCUT2D eigenvalue weighted by atomic mass is 35.5. The van der Waals surface area contributed by atoms with Gasteiger partial charge in [0, 0.05) is 18.8 Å². The summed E-state index contributed by atoms with van der Waals surface area (Å²) < 4.78 is 31.7. The fourth-order valence-electron chi connectivity index (χ4n) is 1.78. The van der Waals surface area contributed by atoms with Crippen molar-refractivity contribution in [3.05, 3.63) is 24.3 Å². The summed E-state index contributed by atoms with van der Waals surface area (Å²) in [7, 11) is -3.74. The largest absolute Gasteiger partial charge is 0.491 e. The van der Waals surface area contributed by atoms with E-state index in [1.807, 2.05) is 20.8 Å². The molecule has 0 aliphatic heterocycles. The molecule has 0 aliphatic carbocycles. The second-order valence-corrected chi connectivity index (χ2v) is 6.98. The predicted octanol–water partition coefficient (Wildman–Crippen LogP) is 1.36. The van der Waals surface area contributed by atoms with E-state index in [-0.39, 0.29) is 18.5 Å². The van der Waals surface area contributed by atoms with Crippen molar-refractivity contribution in [2.45, 2.75) is 26.9 Å². The topological polar surface area (TPSA) is 96.5 Å². The van der Waals surface area contributed by atoms with E-state index in [2.05, 4.69) is 15.4 Å². The third-order valence-electron chi connectivity index (χ3n) is 2.69. The average molecular weight is 380 g/mol. The van der Waals surface area contributed by atoms with Crippen molar-refractivity contribution >= 4 is 34.0 Å². The minimum Gasteiger partial charge on any atom is -0.491 e. The van der Waals surface area contributed by atoms with Gasteiger partial charge in [-0.05, 0) is 44.7 Å². The van der Waals surface area contributed by atoms with Crippen LogP contribution in [0, 0.1) is 0 Å². The van der Waals surface area contributed by atoms with Crippen molar-refractivity contribution in [1.29, 1.82) is 0 Å². The number of amides is 1. The first-order chi connectivity index (χ1) is 10.8. The van der Waals surface area contributed by atoms with E-state index < -0.39 is 21.7 Å². The summed E-state index contributed by atoms with van der Waals surface area (Å²) in [6, 6.07) is 6.54. The van der Waals surface area contributed by atoms with E-state index in [1.54, 1.807) is 24.3 Å². The van der Waals surface area contributed by atoms with Crippen LogP contribution in [-0.4, -0.2) is 45.8 Å². The molecule has 0 atom stereocenters. The molecule has 0 saturated heterocycles. The molecular formula is C15H26ClN3O4S. The molecular weight excluding hydrogens is 354 g/mol. The molecule has 0 heterocycles. The molecule has 0 aliphatic rings. The second kappa shape index (κ2) is 11.1. The Morgan fingerprint density at radius 3 is 2.33 bits per heavy atom. The third-order valence-corrected chi connectivity index (χ3v) is 3.88. The molecule has 0 fully saturated rings. The quantitative estimate of drug-likeness (QED) is 0.533. The Hall–Kier alpha value is -1.51. The maximum Gasteiger partial charge on any atom is 0.241 e. The molecule has 1 amide bonds. The van der Waals surface area contributed by atoms with Crippen LogP contribution in [0.25, 0.3) is 0 Å². The van der Waals surface area contributed by atoms with Gasteiger partial charge in [-0.1, -0.05) is 6.92 Å². The first-order valence-electron chi connectivity index (χ1n) is 7.57. The zero-order valence-corrected chi connectivity index (χ0v) is 15.8. The highest BCUT2D eigenvalue weighted by Gasteiger charge is 2.16. The summed E-state index contributed by atoms with van der Waals surface area (Å²) in [6.45, 7) is 7.56. The lowest BCUT2D eigenvalue weighted by Gasteiger charge is -2.11. The number of ether oxygens (including phenoxy) is 1. The number of hydrogen-bond acceptors (Lipinski definition) is 5. The van der Waals surface area contributed by atoms with Crippen LogP contribution in [0.15, 0.2) is 24.3 Å². The van der Waals surface area contributed by atoms with Gasteiger partial charge in [0.05, 0.1) is 6.10 Å². The van der Waals surface area contributed by atoms with Crippen molar-refractivity contribution in [2.24, 2.45) is 0 Å². The predicted molar refractivity (Wildman–Crippen MR) is 98.4 cm³/mol. The summed E-state index contributed by atoms with van der Waals surface area (Å²) in [5.74, 6) is -0.483. The number of hydrogen-bond donors (Lipinski definition) is 3. The number of rotatable bonds is 10. The van der Waals surface area contributed by atoms with Crippen LogP contribution in [0.5, 0.6) is 5.75 Å². The van der Waals surface area contributed by atoms with Gasteiger partial charge in [-0.2, -0.15) is 0 Å². The molecule has 1 aromatic carbocycles. The minimum atomic E-state index is -3.74. The molecule has 0 aromatic heterocycles. The molecule has 0 radical (unpaired) electrons. The van der Waals surface area contributed by atoms with E-state index in [4.69, 9.17) is 4.74 Å². The van der Waals surface area contributed by atoms with Gasteiger partial charge in [-0.15, -0.1) is 12.4 Å². The van der Waals surface area contributed by atoms with E-state index >= 15 is 0 Å². The van der Waals surface area contributed by atoms with Crippen molar-refractivity contribution < 1.29 is 17.9 Å². The maximum atomic E-state index is 11.9. The number of carbonyl (C=O) groups excluding carboxylic acids is 1. The van der Waals surface area contributed by atoms with Gasteiger partial charge < -0.3 is 15.4 Å². The average Bonchev–Trinajstić information content (AvgIpc) is 2.44. The van der Waals surface area contributed by atoms with E-state index in [1.165, 1.54) is 0 Å². The fraction of sp³-hybridized carbons (Fsp3) is 0.533.